The van der Waals surface area contributed by atoms with Gasteiger partial charge in [0.25, 0.3) is 17.7 Å². The molecule has 6 heterocycles. The molecule has 3 amide bonds. The number of amides is 3. The van der Waals surface area contributed by atoms with Crippen LogP contribution in [0, 0.1) is 5.41 Å². The lowest BCUT2D eigenvalue weighted by atomic mass is 9.70. The zero-order valence-electron chi connectivity index (χ0n) is 26.3. The topological polar surface area (TPSA) is 254 Å². The number of rotatable bonds is 12. The van der Waals surface area contributed by atoms with E-state index in [0.717, 1.165) is 50.2 Å². The number of halogens is 1. The van der Waals surface area contributed by atoms with Gasteiger partial charge in [-0.1, -0.05) is 16.8 Å². The molecule has 2 atom stereocenters. The number of piperidine rings is 3. The predicted octanol–water partition coefficient (Wildman–Crippen LogP) is 0.765. The molecular weight excluding hydrogens is 718 g/mol. The monoisotopic (exact) mass is 750 g/mol. The Hall–Kier alpha value is -4.59. The maximum absolute atomic E-state index is 13.4. The Morgan fingerprint density at radius 2 is 1.86 bits per heavy atom. The largest absolute Gasteiger partial charge is 0.504 e. The third-order valence-corrected chi connectivity index (χ3v) is 12.1. The van der Waals surface area contributed by atoms with Crippen molar-refractivity contribution in [1.29, 1.82) is 0 Å². The number of hydrogen-bond donors (Lipinski definition) is 7. The number of nitrogens with two attached hydrogens (primary N) is 1. The van der Waals surface area contributed by atoms with E-state index in [9.17, 15) is 39.3 Å². The van der Waals surface area contributed by atoms with Crippen LogP contribution in [0.25, 0.3) is 0 Å². The van der Waals surface area contributed by atoms with Crippen LogP contribution < -0.4 is 16.4 Å². The number of anilines is 1. The molecule has 0 saturated carbocycles. The first-order chi connectivity index (χ1) is 23.7. The highest BCUT2D eigenvalue weighted by Gasteiger charge is 2.56. The summed E-state index contributed by atoms with van der Waals surface area (Å²) in [5.41, 5.74) is 5.76. The number of benzene rings is 1. The Kier molecular flexibility index (Phi) is 9.59. The van der Waals surface area contributed by atoms with Gasteiger partial charge in [0.05, 0.1) is 30.2 Å². The average Bonchev–Trinajstić information content (AvgIpc) is 3.52. The van der Waals surface area contributed by atoms with E-state index in [4.69, 9.17) is 27.3 Å². The van der Waals surface area contributed by atoms with Crippen molar-refractivity contribution in [1.82, 2.24) is 20.5 Å². The van der Waals surface area contributed by atoms with Crippen LogP contribution in [0.5, 0.6) is 11.5 Å². The number of oxime groups is 1. The second kappa shape index (κ2) is 13.6. The van der Waals surface area contributed by atoms with Gasteiger partial charge in [0.15, 0.2) is 22.3 Å². The van der Waals surface area contributed by atoms with Crippen LogP contribution in [0.2, 0.25) is 5.02 Å². The molecule has 4 saturated heterocycles. The Balaban J connectivity index is 1.10. The second-order valence-corrected chi connectivity index (χ2v) is 15.1. The molecule has 8 N–H and O–H groups in total. The Morgan fingerprint density at radius 3 is 2.48 bits per heavy atom. The number of thioether (sulfide) groups is 1. The van der Waals surface area contributed by atoms with Gasteiger partial charge < -0.3 is 46.1 Å². The number of nitrogen functional groups attached to an aromatic ring is 1. The zero-order chi connectivity index (χ0) is 36.0. The van der Waals surface area contributed by atoms with Gasteiger partial charge >= 0.3 is 11.9 Å². The first kappa shape index (κ1) is 35.2. The van der Waals surface area contributed by atoms with E-state index in [1.165, 1.54) is 34.2 Å². The summed E-state index contributed by atoms with van der Waals surface area (Å²) in [4.78, 5) is 72.8. The number of carboxylic acids is 2. The number of phenolic OH excluding ortho intramolecular Hbond substituents is 2. The summed E-state index contributed by atoms with van der Waals surface area (Å²) >= 11 is 8.42. The van der Waals surface area contributed by atoms with Crippen molar-refractivity contribution in [3.63, 3.8) is 0 Å². The molecule has 17 nitrogen and oxygen atoms in total. The molecule has 0 unspecified atom stereocenters. The van der Waals surface area contributed by atoms with E-state index in [0.29, 0.717) is 28.9 Å². The lowest BCUT2D eigenvalue weighted by Gasteiger charge is -2.56. The summed E-state index contributed by atoms with van der Waals surface area (Å²) < 4.78 is 0.653. The molecular formula is C30H33ClN7O10S2+. The lowest BCUT2D eigenvalue weighted by molar-refractivity contribution is -0.941. The number of hydrogen-bond acceptors (Lipinski definition) is 13. The molecule has 266 valence electrons. The number of aromatic hydroxyl groups is 2. The van der Waals surface area contributed by atoms with Gasteiger partial charge in [0, 0.05) is 47.9 Å². The smallest absolute Gasteiger partial charge is 0.352 e. The molecule has 7 rings (SSSR count). The molecule has 4 fully saturated rings. The van der Waals surface area contributed by atoms with Crippen molar-refractivity contribution in [2.75, 3.05) is 50.8 Å². The Bertz CT molecular complexity index is 1820. The van der Waals surface area contributed by atoms with Crippen LogP contribution in [0.4, 0.5) is 5.13 Å². The number of nitrogens with one attached hydrogen (secondary N) is 2. The summed E-state index contributed by atoms with van der Waals surface area (Å²) in [6, 6.07) is 1.47. The third kappa shape index (κ3) is 6.64. The van der Waals surface area contributed by atoms with Gasteiger partial charge in [-0.2, -0.15) is 0 Å². The first-order valence-electron chi connectivity index (χ1n) is 15.4. The van der Waals surface area contributed by atoms with Gasteiger partial charge in [-0.3, -0.25) is 19.3 Å². The molecule has 0 spiro atoms. The van der Waals surface area contributed by atoms with Crippen molar-refractivity contribution in [2.24, 2.45) is 10.6 Å². The average molecular weight is 751 g/mol. The Morgan fingerprint density at radius 1 is 1.16 bits per heavy atom. The van der Waals surface area contributed by atoms with Crippen LogP contribution in [-0.4, -0.2) is 127 Å². The van der Waals surface area contributed by atoms with E-state index in [1.807, 2.05) is 0 Å². The molecule has 0 radical (unpaired) electrons. The summed E-state index contributed by atoms with van der Waals surface area (Å²) in [6.45, 7) is 2.27. The predicted molar refractivity (Wildman–Crippen MR) is 179 cm³/mol. The minimum Gasteiger partial charge on any atom is -0.504 e. The molecule has 0 aliphatic carbocycles. The number of thiazole rings is 1. The van der Waals surface area contributed by atoms with Crippen molar-refractivity contribution >= 4 is 75.2 Å². The van der Waals surface area contributed by atoms with Crippen LogP contribution in [0.1, 0.15) is 35.3 Å². The highest BCUT2D eigenvalue weighted by molar-refractivity contribution is 8.00. The number of nitrogens with zero attached hydrogens (tertiary/aromatic N) is 4. The van der Waals surface area contributed by atoms with Crippen LogP contribution in [-0.2, 0) is 24.0 Å². The molecule has 50 heavy (non-hydrogen) atoms. The number of carboxylic acid groups (broad SMARTS) is 2. The number of carbonyl (C=O) groups excluding carboxylic acids is 3. The summed E-state index contributed by atoms with van der Waals surface area (Å²) in [5, 5.41) is 48.4. The Labute approximate surface area is 297 Å². The molecule has 5 aliphatic heterocycles. The number of carbonyl (C=O) groups is 5. The lowest BCUT2D eigenvalue weighted by Crippen LogP contribution is -2.71. The van der Waals surface area contributed by atoms with Gasteiger partial charge in [-0.25, -0.2) is 14.6 Å². The fourth-order valence-electron chi connectivity index (χ4n) is 6.90. The number of fused-ring (bicyclic) bond motifs is 4. The minimum absolute atomic E-state index is 0.0223. The fourth-order valence-corrected chi connectivity index (χ4v) is 9.03. The van der Waals surface area contributed by atoms with Crippen molar-refractivity contribution < 1.29 is 53.7 Å². The molecule has 1 aromatic heterocycles. The van der Waals surface area contributed by atoms with E-state index in [2.05, 4.69) is 20.8 Å². The van der Waals surface area contributed by atoms with Crippen LogP contribution >= 0.6 is 34.7 Å². The zero-order valence-corrected chi connectivity index (χ0v) is 28.6. The van der Waals surface area contributed by atoms with Crippen LogP contribution in [0.3, 0.4) is 0 Å². The summed E-state index contributed by atoms with van der Waals surface area (Å²) in [6.07, 6.45) is 2.36. The first-order valence-corrected chi connectivity index (χ1v) is 17.7. The minimum atomic E-state index is -1.32. The number of phenols is 2. The molecule has 1 aromatic carbocycles. The van der Waals surface area contributed by atoms with Crippen molar-refractivity contribution in [2.45, 2.75) is 30.7 Å². The quantitative estimate of drug-likeness (QED) is 0.0521. The maximum atomic E-state index is 13.4. The second-order valence-electron chi connectivity index (χ2n) is 12.7. The van der Waals surface area contributed by atoms with Crippen molar-refractivity contribution in [3.8, 4) is 11.5 Å². The number of aliphatic carboxylic acids is 2. The van der Waals surface area contributed by atoms with Gasteiger partial charge in [-0.05, 0) is 12.1 Å². The maximum Gasteiger partial charge on any atom is 0.352 e. The SMILES string of the molecule is Nc1nc(/C(=N/OCC(=O)O)C(=O)N[C@H]2C(=O)N3C(C(=O)O)=C(C[N+]45CCC(CNC(=O)c6ccc(O)c(O)c6Cl)(CC4)CC5)CS[C@H]23)cs1. The summed E-state index contributed by atoms with van der Waals surface area (Å²) in [7, 11) is 0. The number of aromatic nitrogens is 1. The van der Waals surface area contributed by atoms with Crippen molar-refractivity contribution in [3.05, 3.63) is 45.1 Å². The number of β-lactam (4-membered cyclic amide) rings is 1. The number of quaternary nitrogens is 1. The van der Waals surface area contributed by atoms with E-state index >= 15 is 0 Å². The highest BCUT2D eigenvalue weighted by Crippen LogP contribution is 2.46. The highest BCUT2D eigenvalue weighted by atomic mass is 35.5. The van der Waals surface area contributed by atoms with Gasteiger partial charge in [0.1, 0.15) is 29.4 Å². The third-order valence-electron chi connectivity index (χ3n) is 9.70. The van der Waals surface area contributed by atoms with E-state index in [1.54, 1.807) is 0 Å². The molecule has 2 aromatic rings. The van der Waals surface area contributed by atoms with Crippen LogP contribution in [0.15, 0.2) is 33.9 Å². The fraction of sp³-hybridized carbons (Fsp3) is 0.433. The van der Waals surface area contributed by atoms with Gasteiger partial charge in [-0.15, -0.1) is 23.1 Å². The summed E-state index contributed by atoms with van der Waals surface area (Å²) in [5.74, 6) is -5.14. The van der Waals surface area contributed by atoms with E-state index in [-0.39, 0.29) is 38.2 Å². The molecule has 20 heteroatoms. The van der Waals surface area contributed by atoms with E-state index < -0.39 is 59.2 Å². The normalized spacial score (nSPS) is 25.8. The standard InChI is InChI=1S/C30H32ClN7O10S2/c31-19-15(1-2-17(39)23(19)42)24(43)33-13-30-3-6-38(7-4-30,8-5-30)9-14-11-49-27-21(26(45)37(27)22(14)28(46)47)35-25(44)20(36-48-10-18(40)41)16-12-50-29(32)34-16/h1-2,12,21,27H,3-11,13H2,(H7-,32,33,34,35,36,39,40,41,42,43,44,46,47)/p+1/t21-,27+,30?,38?/m0/s1. The van der Waals surface area contributed by atoms with Gasteiger partial charge in [0.2, 0.25) is 6.61 Å². The molecule has 2 bridgehead atoms. The molecule has 5 aliphatic rings.